The summed E-state index contributed by atoms with van der Waals surface area (Å²) < 4.78 is 69.9. The SMILES string of the molecule is Cc1ccccc1[C@@H](NS(=O)(=O)c1ccc(OC(F)(F)F)cc1)C1CCCC(C)C1. The van der Waals surface area contributed by atoms with Crippen molar-refractivity contribution in [3.05, 3.63) is 59.7 Å². The molecule has 2 aromatic carbocycles. The highest BCUT2D eigenvalue weighted by molar-refractivity contribution is 7.89. The van der Waals surface area contributed by atoms with E-state index in [-0.39, 0.29) is 10.8 Å². The Morgan fingerprint density at radius 1 is 1.07 bits per heavy atom. The number of hydrogen-bond acceptors (Lipinski definition) is 3. The van der Waals surface area contributed by atoms with Gasteiger partial charge in [-0.3, -0.25) is 0 Å². The van der Waals surface area contributed by atoms with Crippen LogP contribution in [0.4, 0.5) is 13.2 Å². The maximum absolute atomic E-state index is 13.1. The molecule has 3 rings (SSSR count). The largest absolute Gasteiger partial charge is 0.573 e. The van der Waals surface area contributed by atoms with Gasteiger partial charge in [-0.05, 0) is 67.0 Å². The number of nitrogens with one attached hydrogen (secondary N) is 1. The monoisotopic (exact) mass is 441 g/mol. The smallest absolute Gasteiger partial charge is 0.406 e. The molecule has 1 N–H and O–H groups in total. The van der Waals surface area contributed by atoms with E-state index < -0.39 is 28.2 Å². The number of benzene rings is 2. The van der Waals surface area contributed by atoms with Gasteiger partial charge in [-0.15, -0.1) is 13.2 Å². The lowest BCUT2D eigenvalue weighted by atomic mass is 9.76. The predicted molar refractivity (Wildman–Crippen MR) is 108 cm³/mol. The maximum Gasteiger partial charge on any atom is 0.573 e. The van der Waals surface area contributed by atoms with Crippen molar-refractivity contribution in [1.82, 2.24) is 4.72 Å². The van der Waals surface area contributed by atoms with Crippen LogP contribution >= 0.6 is 0 Å². The fraction of sp³-hybridized carbons (Fsp3) is 0.455. The number of sulfonamides is 1. The Labute approximate surface area is 175 Å². The lowest BCUT2D eigenvalue weighted by Gasteiger charge is -2.34. The first kappa shape index (κ1) is 22.6. The Hall–Kier alpha value is -2.06. The minimum Gasteiger partial charge on any atom is -0.406 e. The molecule has 164 valence electrons. The van der Waals surface area contributed by atoms with Gasteiger partial charge in [0.05, 0.1) is 10.9 Å². The van der Waals surface area contributed by atoms with Crippen LogP contribution < -0.4 is 9.46 Å². The van der Waals surface area contributed by atoms with Gasteiger partial charge in [0.25, 0.3) is 0 Å². The summed E-state index contributed by atoms with van der Waals surface area (Å²) in [5.41, 5.74) is 1.93. The summed E-state index contributed by atoms with van der Waals surface area (Å²) in [5, 5.41) is 0. The van der Waals surface area contributed by atoms with Crippen LogP contribution in [0.3, 0.4) is 0 Å². The van der Waals surface area contributed by atoms with Crippen LogP contribution in [-0.4, -0.2) is 14.8 Å². The lowest BCUT2D eigenvalue weighted by Crippen LogP contribution is -2.35. The molecule has 1 fully saturated rings. The first-order valence-electron chi connectivity index (χ1n) is 9.99. The van der Waals surface area contributed by atoms with Crippen molar-refractivity contribution in [3.63, 3.8) is 0 Å². The Morgan fingerprint density at radius 2 is 1.73 bits per heavy atom. The number of rotatable bonds is 6. The van der Waals surface area contributed by atoms with Gasteiger partial charge in [-0.2, -0.15) is 0 Å². The first-order valence-corrected chi connectivity index (χ1v) is 11.5. The maximum atomic E-state index is 13.1. The zero-order chi connectivity index (χ0) is 21.9. The summed E-state index contributed by atoms with van der Waals surface area (Å²) in [6.45, 7) is 4.13. The van der Waals surface area contributed by atoms with E-state index in [1.54, 1.807) is 0 Å². The van der Waals surface area contributed by atoms with Gasteiger partial charge in [0, 0.05) is 0 Å². The Morgan fingerprint density at radius 3 is 2.33 bits per heavy atom. The molecule has 2 aromatic rings. The summed E-state index contributed by atoms with van der Waals surface area (Å²) in [6, 6.07) is 11.6. The van der Waals surface area contributed by atoms with Gasteiger partial charge in [-0.25, -0.2) is 13.1 Å². The van der Waals surface area contributed by atoms with E-state index in [4.69, 9.17) is 0 Å². The molecule has 4 nitrogen and oxygen atoms in total. The van der Waals surface area contributed by atoms with Crippen LogP contribution in [0.5, 0.6) is 5.75 Å². The molecule has 0 heterocycles. The van der Waals surface area contributed by atoms with Crippen LogP contribution in [0.1, 0.15) is 49.8 Å². The Kier molecular flexibility index (Phi) is 6.77. The van der Waals surface area contributed by atoms with Crippen molar-refractivity contribution >= 4 is 10.0 Å². The zero-order valence-corrected chi connectivity index (χ0v) is 17.8. The summed E-state index contributed by atoms with van der Waals surface area (Å²) in [4.78, 5) is -0.0977. The molecule has 0 bridgehead atoms. The van der Waals surface area contributed by atoms with E-state index in [0.29, 0.717) is 5.92 Å². The van der Waals surface area contributed by atoms with E-state index >= 15 is 0 Å². The van der Waals surface area contributed by atoms with Crippen molar-refractivity contribution in [3.8, 4) is 5.75 Å². The molecule has 0 aromatic heterocycles. The van der Waals surface area contributed by atoms with E-state index in [1.165, 1.54) is 0 Å². The predicted octanol–water partition coefficient (Wildman–Crippen LogP) is 5.74. The second-order valence-corrected chi connectivity index (χ2v) is 9.72. The normalized spacial score (nSPS) is 21.2. The highest BCUT2D eigenvalue weighted by Gasteiger charge is 2.33. The molecular weight excluding hydrogens is 415 g/mol. The summed E-state index contributed by atoms with van der Waals surface area (Å²) in [7, 11) is -3.94. The van der Waals surface area contributed by atoms with Gasteiger partial charge < -0.3 is 4.74 Å². The third-order valence-electron chi connectivity index (χ3n) is 5.62. The van der Waals surface area contributed by atoms with Crippen LogP contribution in [0, 0.1) is 18.8 Å². The van der Waals surface area contributed by atoms with Crippen molar-refractivity contribution in [2.24, 2.45) is 11.8 Å². The molecule has 3 atom stereocenters. The molecule has 1 aliphatic carbocycles. The molecule has 0 radical (unpaired) electrons. The van der Waals surface area contributed by atoms with Crippen LogP contribution in [0.25, 0.3) is 0 Å². The first-order chi connectivity index (χ1) is 14.0. The third-order valence-corrected chi connectivity index (χ3v) is 7.08. The topological polar surface area (TPSA) is 55.4 Å². The molecule has 0 spiro atoms. The third kappa shape index (κ3) is 5.76. The van der Waals surface area contributed by atoms with Crippen LogP contribution in [-0.2, 0) is 10.0 Å². The Bertz CT molecular complexity index is 958. The van der Waals surface area contributed by atoms with Crippen molar-refractivity contribution in [1.29, 1.82) is 0 Å². The highest BCUT2D eigenvalue weighted by atomic mass is 32.2. The number of hydrogen-bond donors (Lipinski definition) is 1. The molecule has 8 heteroatoms. The number of aryl methyl sites for hydroxylation is 1. The lowest BCUT2D eigenvalue weighted by molar-refractivity contribution is -0.274. The molecular formula is C22H26F3NO3S. The minimum atomic E-state index is -4.83. The second-order valence-electron chi connectivity index (χ2n) is 8.01. The molecule has 1 aliphatic rings. The van der Waals surface area contributed by atoms with Crippen LogP contribution in [0.2, 0.25) is 0 Å². The van der Waals surface area contributed by atoms with Crippen molar-refractivity contribution in [2.45, 2.75) is 56.8 Å². The van der Waals surface area contributed by atoms with Gasteiger partial charge in [0.1, 0.15) is 5.75 Å². The highest BCUT2D eigenvalue weighted by Crippen LogP contribution is 2.39. The van der Waals surface area contributed by atoms with E-state index in [9.17, 15) is 21.6 Å². The molecule has 30 heavy (non-hydrogen) atoms. The summed E-state index contributed by atoms with van der Waals surface area (Å²) in [5.74, 6) is 0.203. The van der Waals surface area contributed by atoms with E-state index in [2.05, 4.69) is 16.4 Å². The zero-order valence-electron chi connectivity index (χ0n) is 16.9. The van der Waals surface area contributed by atoms with Crippen molar-refractivity contribution < 1.29 is 26.3 Å². The minimum absolute atomic E-state index is 0.0977. The number of ether oxygens (including phenoxy) is 1. The standard InChI is InChI=1S/C22H26F3NO3S/c1-15-6-5-8-17(14-15)21(20-9-4-3-7-16(20)2)26-30(27,28)19-12-10-18(11-13-19)29-22(23,24)25/h3-4,7,9-13,15,17,21,26H,5-6,8,14H2,1-2H3/t15?,17?,21-/m0/s1. The summed E-state index contributed by atoms with van der Waals surface area (Å²) >= 11 is 0. The Balaban J connectivity index is 1.88. The molecule has 0 amide bonds. The van der Waals surface area contributed by atoms with Crippen LogP contribution in [0.15, 0.2) is 53.4 Å². The fourth-order valence-electron chi connectivity index (χ4n) is 4.19. The summed E-state index contributed by atoms with van der Waals surface area (Å²) in [6.07, 6.45) is -0.819. The number of alkyl halides is 3. The fourth-order valence-corrected chi connectivity index (χ4v) is 5.47. The van der Waals surface area contributed by atoms with Crippen molar-refractivity contribution in [2.75, 3.05) is 0 Å². The van der Waals surface area contributed by atoms with Gasteiger partial charge in [0.15, 0.2) is 0 Å². The average Bonchev–Trinajstić information content (AvgIpc) is 2.66. The molecule has 1 saturated carbocycles. The van der Waals surface area contributed by atoms with E-state index in [0.717, 1.165) is 61.1 Å². The van der Waals surface area contributed by atoms with Gasteiger partial charge in [-0.1, -0.05) is 44.0 Å². The molecule has 2 unspecified atom stereocenters. The van der Waals surface area contributed by atoms with Gasteiger partial charge >= 0.3 is 6.36 Å². The molecule has 0 saturated heterocycles. The second kappa shape index (κ2) is 8.98. The quantitative estimate of drug-likeness (QED) is 0.622. The van der Waals surface area contributed by atoms with Gasteiger partial charge in [0.2, 0.25) is 10.0 Å². The average molecular weight is 442 g/mol. The van der Waals surface area contributed by atoms with E-state index in [1.807, 2.05) is 31.2 Å². The molecule has 0 aliphatic heterocycles. The number of halogens is 3.